The molecule has 2 aromatic heterocycles. The summed E-state index contributed by atoms with van der Waals surface area (Å²) in [5.41, 5.74) is 0.415. The third-order valence-electron chi connectivity index (χ3n) is 4.78. The van der Waals surface area contributed by atoms with E-state index in [1.165, 1.54) is 25.6 Å². The van der Waals surface area contributed by atoms with E-state index in [2.05, 4.69) is 15.3 Å². The molecule has 12 heteroatoms. The molecule has 0 aliphatic heterocycles. The van der Waals surface area contributed by atoms with Crippen LogP contribution in [0.1, 0.15) is 0 Å². The zero-order chi connectivity index (χ0) is 23.8. The fourth-order valence-electron chi connectivity index (χ4n) is 3.41. The SMILES string of the molecule is COc1cc(F)c([N+](=O)[O-])cc1Nc1nccc(-c2cn(CC(F)(F)F)c3ccccc23)n1. The molecule has 0 saturated heterocycles. The predicted octanol–water partition coefficient (Wildman–Crippen LogP) is 5.46. The van der Waals surface area contributed by atoms with Gasteiger partial charge < -0.3 is 14.6 Å². The second-order valence-electron chi connectivity index (χ2n) is 6.95. The third-order valence-corrected chi connectivity index (χ3v) is 4.78. The zero-order valence-corrected chi connectivity index (χ0v) is 16.9. The van der Waals surface area contributed by atoms with Crippen LogP contribution in [0, 0.1) is 15.9 Å². The van der Waals surface area contributed by atoms with E-state index in [0.717, 1.165) is 16.7 Å². The van der Waals surface area contributed by atoms with Crippen molar-refractivity contribution in [2.45, 2.75) is 12.7 Å². The molecule has 0 aliphatic rings. The van der Waals surface area contributed by atoms with Crippen LogP contribution in [0.3, 0.4) is 0 Å². The lowest BCUT2D eigenvalue weighted by Gasteiger charge is -2.11. The molecule has 0 fully saturated rings. The molecule has 0 radical (unpaired) electrons. The Bertz CT molecular complexity index is 1350. The maximum Gasteiger partial charge on any atom is 0.406 e. The number of nitrogens with one attached hydrogen (secondary N) is 1. The molecule has 1 N–H and O–H groups in total. The summed E-state index contributed by atoms with van der Waals surface area (Å²) in [5.74, 6) is -1.11. The first kappa shape index (κ1) is 22.0. The van der Waals surface area contributed by atoms with Crippen molar-refractivity contribution in [3.63, 3.8) is 0 Å². The van der Waals surface area contributed by atoms with Gasteiger partial charge >= 0.3 is 11.9 Å². The second kappa shape index (κ2) is 8.37. The minimum absolute atomic E-state index is 0.0145. The molecule has 2 heterocycles. The van der Waals surface area contributed by atoms with Crippen LogP contribution >= 0.6 is 0 Å². The minimum Gasteiger partial charge on any atom is -0.494 e. The number of halogens is 4. The summed E-state index contributed by atoms with van der Waals surface area (Å²) in [6.07, 6.45) is -1.68. The highest BCUT2D eigenvalue weighted by atomic mass is 19.4. The highest BCUT2D eigenvalue weighted by Crippen LogP contribution is 2.35. The van der Waals surface area contributed by atoms with Crippen LogP contribution in [0.4, 0.5) is 34.9 Å². The first-order valence-electron chi connectivity index (χ1n) is 9.43. The van der Waals surface area contributed by atoms with Crippen LogP contribution in [0.15, 0.2) is 54.9 Å². The summed E-state index contributed by atoms with van der Waals surface area (Å²) in [6, 6.07) is 9.92. The molecule has 0 aliphatic carbocycles. The summed E-state index contributed by atoms with van der Waals surface area (Å²) in [4.78, 5) is 18.6. The van der Waals surface area contributed by atoms with Gasteiger partial charge in [0.25, 0.3) is 0 Å². The van der Waals surface area contributed by atoms with Crippen LogP contribution in [0.2, 0.25) is 0 Å². The molecule has 0 amide bonds. The molecule has 33 heavy (non-hydrogen) atoms. The summed E-state index contributed by atoms with van der Waals surface area (Å²) in [5, 5.41) is 14.4. The number of nitro groups is 1. The lowest BCUT2D eigenvalue weighted by molar-refractivity contribution is -0.387. The smallest absolute Gasteiger partial charge is 0.406 e. The van der Waals surface area contributed by atoms with Gasteiger partial charge in [0.2, 0.25) is 11.8 Å². The summed E-state index contributed by atoms with van der Waals surface area (Å²) >= 11 is 0. The molecule has 0 saturated carbocycles. The van der Waals surface area contributed by atoms with Gasteiger partial charge in [-0.25, -0.2) is 9.97 Å². The first-order chi connectivity index (χ1) is 15.7. The zero-order valence-electron chi connectivity index (χ0n) is 16.9. The number of para-hydroxylation sites is 1. The highest BCUT2D eigenvalue weighted by molar-refractivity contribution is 5.95. The number of anilines is 2. The van der Waals surface area contributed by atoms with E-state index in [9.17, 15) is 27.7 Å². The van der Waals surface area contributed by atoms with Crippen molar-refractivity contribution in [2.75, 3.05) is 12.4 Å². The van der Waals surface area contributed by atoms with Gasteiger partial charge in [-0.15, -0.1) is 0 Å². The third kappa shape index (κ3) is 4.54. The van der Waals surface area contributed by atoms with Crippen LogP contribution in [0.25, 0.3) is 22.2 Å². The van der Waals surface area contributed by atoms with Crippen molar-refractivity contribution < 1.29 is 27.2 Å². The van der Waals surface area contributed by atoms with Crippen molar-refractivity contribution in [3.8, 4) is 17.0 Å². The van der Waals surface area contributed by atoms with E-state index in [1.54, 1.807) is 24.3 Å². The van der Waals surface area contributed by atoms with Crippen LogP contribution < -0.4 is 10.1 Å². The van der Waals surface area contributed by atoms with Crippen molar-refractivity contribution in [3.05, 3.63) is 70.8 Å². The lowest BCUT2D eigenvalue weighted by Crippen LogP contribution is -2.16. The normalized spacial score (nSPS) is 11.5. The molecular formula is C21H15F4N5O3. The van der Waals surface area contributed by atoms with Gasteiger partial charge in [-0.1, -0.05) is 18.2 Å². The number of methoxy groups -OCH3 is 1. The number of nitrogens with zero attached hydrogens (tertiary/aromatic N) is 4. The Morgan fingerprint density at radius 2 is 1.97 bits per heavy atom. The predicted molar refractivity (Wildman–Crippen MR) is 112 cm³/mol. The van der Waals surface area contributed by atoms with E-state index >= 15 is 0 Å². The molecular weight excluding hydrogens is 446 g/mol. The van der Waals surface area contributed by atoms with Gasteiger partial charge in [-0.05, 0) is 12.1 Å². The van der Waals surface area contributed by atoms with Crippen LogP contribution in [0.5, 0.6) is 5.75 Å². The molecule has 4 aromatic rings. The number of hydrogen-bond donors (Lipinski definition) is 1. The van der Waals surface area contributed by atoms with E-state index in [-0.39, 0.29) is 17.4 Å². The second-order valence-corrected chi connectivity index (χ2v) is 6.95. The molecule has 0 atom stereocenters. The Morgan fingerprint density at radius 1 is 1.21 bits per heavy atom. The van der Waals surface area contributed by atoms with E-state index in [0.29, 0.717) is 22.2 Å². The van der Waals surface area contributed by atoms with Crippen molar-refractivity contribution in [1.29, 1.82) is 0 Å². The average molecular weight is 461 g/mol. The quantitative estimate of drug-likeness (QED) is 0.233. The van der Waals surface area contributed by atoms with Crippen LogP contribution in [-0.2, 0) is 6.54 Å². The summed E-state index contributed by atoms with van der Waals surface area (Å²) < 4.78 is 59.2. The standard InChI is InChI=1S/C21H15F4N5O3/c1-33-19-8-14(22)18(30(31)32)9-16(19)28-20-26-7-6-15(27-20)13-10-29(11-21(23,24)25)17-5-3-2-4-12(13)17/h2-10H,11H2,1H3,(H,26,27,28). The topological polar surface area (TPSA) is 95.1 Å². The van der Waals surface area contributed by atoms with Gasteiger partial charge in [0.05, 0.1) is 23.4 Å². The van der Waals surface area contributed by atoms with Gasteiger partial charge in [0.1, 0.15) is 12.3 Å². The fourth-order valence-corrected chi connectivity index (χ4v) is 3.41. The van der Waals surface area contributed by atoms with Gasteiger partial charge in [-0.2, -0.15) is 17.6 Å². The van der Waals surface area contributed by atoms with Crippen LogP contribution in [-0.4, -0.2) is 32.7 Å². The minimum atomic E-state index is -4.41. The Kier molecular flexibility index (Phi) is 5.58. The maximum atomic E-state index is 13.9. The van der Waals surface area contributed by atoms with Gasteiger partial charge in [0.15, 0.2) is 0 Å². The molecule has 2 aromatic carbocycles. The number of alkyl halides is 3. The Labute approximate surface area is 183 Å². The molecule has 0 bridgehead atoms. The van der Waals surface area contributed by atoms with E-state index in [4.69, 9.17) is 4.74 Å². The Hall–Kier alpha value is -4.22. The summed E-state index contributed by atoms with van der Waals surface area (Å²) in [7, 11) is 1.26. The molecule has 0 unspecified atom stereocenters. The number of fused-ring (bicyclic) bond motifs is 1. The van der Waals surface area contributed by atoms with Crippen molar-refractivity contribution >= 4 is 28.2 Å². The number of nitro benzene ring substituents is 1. The Balaban J connectivity index is 1.75. The molecule has 0 spiro atoms. The lowest BCUT2D eigenvalue weighted by atomic mass is 10.1. The maximum absolute atomic E-state index is 13.9. The summed E-state index contributed by atoms with van der Waals surface area (Å²) in [6.45, 7) is -1.17. The molecule has 8 nitrogen and oxygen atoms in total. The van der Waals surface area contributed by atoms with Gasteiger partial charge in [-0.3, -0.25) is 10.1 Å². The van der Waals surface area contributed by atoms with E-state index < -0.39 is 29.1 Å². The van der Waals surface area contributed by atoms with E-state index in [1.807, 2.05) is 0 Å². The van der Waals surface area contributed by atoms with Gasteiger partial charge in [0, 0.05) is 41.0 Å². The van der Waals surface area contributed by atoms with Crippen molar-refractivity contribution in [2.24, 2.45) is 0 Å². The first-order valence-corrected chi connectivity index (χ1v) is 9.43. The highest BCUT2D eigenvalue weighted by Gasteiger charge is 2.29. The van der Waals surface area contributed by atoms with Crippen molar-refractivity contribution in [1.82, 2.24) is 14.5 Å². The number of rotatable bonds is 6. The number of benzene rings is 2. The molecule has 4 rings (SSSR count). The Morgan fingerprint density at radius 3 is 2.67 bits per heavy atom. The molecule has 170 valence electrons. The number of aromatic nitrogens is 3. The fraction of sp³-hybridized carbons (Fsp3) is 0.143. The number of ether oxygens (including phenoxy) is 1. The number of hydrogen-bond acceptors (Lipinski definition) is 6. The monoisotopic (exact) mass is 461 g/mol. The largest absolute Gasteiger partial charge is 0.494 e. The average Bonchev–Trinajstić information content (AvgIpc) is 3.11.